The van der Waals surface area contributed by atoms with Gasteiger partial charge in [-0.05, 0) is 0 Å². The Morgan fingerprint density at radius 3 is 2.50 bits per heavy atom. The first-order valence-electron chi connectivity index (χ1n) is 2.27. The predicted octanol–water partition coefficient (Wildman–Crippen LogP) is -3.42. The van der Waals surface area contributed by atoms with Crippen LogP contribution in [0.3, 0.4) is 0 Å². The fourth-order valence-electron chi connectivity index (χ4n) is 0.250. The zero-order valence-corrected chi connectivity index (χ0v) is 9.24. The molecule has 2 N–H and O–H groups in total. The van der Waals surface area contributed by atoms with Crippen molar-refractivity contribution in [1.82, 2.24) is 9.30 Å². The minimum Gasteiger partial charge on any atom is -0.360 e. The molecule has 0 rings (SSSR count). The molecule has 0 aliphatic carbocycles. The van der Waals surface area contributed by atoms with E-state index < -0.39 is 0 Å². The van der Waals surface area contributed by atoms with E-state index in [1.165, 1.54) is 10.4 Å². The van der Waals surface area contributed by atoms with E-state index in [0.717, 1.165) is 0 Å². The van der Waals surface area contributed by atoms with E-state index in [1.807, 2.05) is 0 Å². The van der Waals surface area contributed by atoms with Crippen LogP contribution < -0.4 is 9.30 Å². The molecule has 0 bridgehead atoms. The second kappa shape index (κ2) is 5.57. The van der Waals surface area contributed by atoms with Crippen LogP contribution in [-0.2, 0) is 0 Å². The van der Waals surface area contributed by atoms with Gasteiger partial charge in [-0.3, -0.25) is 0 Å². The zero-order chi connectivity index (χ0) is 4.83. The van der Waals surface area contributed by atoms with Gasteiger partial charge in [-0.15, -0.1) is 0 Å². The second-order valence-corrected chi connectivity index (χ2v) is 7.02. The van der Waals surface area contributed by atoms with Crippen LogP contribution in [-0.4, -0.2) is 29.9 Å². The smallest absolute Gasteiger partial charge is 0.153 e. The Morgan fingerprint density at radius 2 is 2.33 bits per heavy atom. The Labute approximate surface area is 46.5 Å². The van der Waals surface area contributed by atoms with E-state index in [2.05, 4.69) is 15.8 Å². The number of hydrogen-bond acceptors (Lipinski definition) is 2. The van der Waals surface area contributed by atoms with Gasteiger partial charge in [0.05, 0.1) is 20.1 Å². The summed E-state index contributed by atoms with van der Waals surface area (Å²) < 4.78 is 6.67. The zero-order valence-electron chi connectivity index (χ0n) is 4.41. The summed E-state index contributed by atoms with van der Waals surface area (Å²) >= 11 is 0. The first kappa shape index (κ1) is 6.57. The molecule has 0 aromatic rings. The highest BCUT2D eigenvalue weighted by molar-refractivity contribution is 6.52. The summed E-state index contributed by atoms with van der Waals surface area (Å²) in [6.45, 7) is 2.27. The normalized spacial score (nSPS) is 13.5. The maximum atomic E-state index is 3.40. The van der Waals surface area contributed by atoms with Gasteiger partial charge in [0, 0.05) is 0 Å². The molecule has 5 heteroatoms. The molecular formula is CH12N2Si3. The lowest BCUT2D eigenvalue weighted by molar-refractivity contribution is 1.45. The molecule has 0 atom stereocenters. The van der Waals surface area contributed by atoms with Gasteiger partial charge in [0.1, 0.15) is 0 Å². The highest BCUT2D eigenvalue weighted by Crippen LogP contribution is 1.37. The van der Waals surface area contributed by atoms with Crippen LogP contribution in [0.5, 0.6) is 0 Å². The van der Waals surface area contributed by atoms with Gasteiger partial charge in [-0.25, -0.2) is 0 Å². The van der Waals surface area contributed by atoms with Crippen LogP contribution in [0.1, 0.15) is 0 Å². The van der Waals surface area contributed by atoms with Gasteiger partial charge in [-0.1, -0.05) is 6.55 Å². The number of nitrogens with one attached hydrogen (secondary N) is 2. The first-order valence-corrected chi connectivity index (χ1v) is 6.80. The summed E-state index contributed by atoms with van der Waals surface area (Å²) in [6, 6.07) is 0. The van der Waals surface area contributed by atoms with Crippen molar-refractivity contribution in [3.05, 3.63) is 0 Å². The molecule has 0 aromatic carbocycles. The Hall–Kier alpha value is 0.571. The lowest BCUT2D eigenvalue weighted by Gasteiger charge is -1.92. The molecule has 0 spiro atoms. The highest BCUT2D eigenvalue weighted by Gasteiger charge is 1.72. The maximum Gasteiger partial charge on any atom is 0.153 e. The molecule has 0 aromatic heterocycles. The monoisotopic (exact) mass is 136 g/mol. The molecule has 0 aliphatic heterocycles. The number of rotatable bonds is 3. The summed E-state index contributed by atoms with van der Waals surface area (Å²) in [4.78, 5) is 0. The average molecular weight is 136 g/mol. The molecule has 2 nitrogen and oxygen atoms in total. The van der Waals surface area contributed by atoms with Crippen LogP contribution >= 0.6 is 0 Å². The molecule has 0 heterocycles. The minimum atomic E-state index is 0.0451. The third-order valence-electron chi connectivity index (χ3n) is 0.552. The lowest BCUT2D eigenvalue weighted by Crippen LogP contribution is -2.32. The van der Waals surface area contributed by atoms with Gasteiger partial charge >= 0.3 is 0 Å². The quantitative estimate of drug-likeness (QED) is 0.312. The van der Waals surface area contributed by atoms with E-state index in [-0.39, 0.29) is 19.5 Å². The number of hydrogen-bond donors (Lipinski definition) is 2. The second-order valence-electron chi connectivity index (χ2n) is 1.13. The van der Waals surface area contributed by atoms with Gasteiger partial charge in [0.15, 0.2) is 9.84 Å². The molecule has 6 heavy (non-hydrogen) atoms. The Bertz CT molecular complexity index is 20.8. The summed E-state index contributed by atoms with van der Waals surface area (Å²) in [6.07, 6.45) is 0. The van der Waals surface area contributed by atoms with Crippen molar-refractivity contribution < 1.29 is 0 Å². The Kier molecular flexibility index (Phi) is 6.10. The molecule has 0 unspecified atom stereocenters. The van der Waals surface area contributed by atoms with Gasteiger partial charge in [0.2, 0.25) is 0 Å². The molecule has 0 radical (unpaired) electrons. The predicted molar refractivity (Wildman–Crippen MR) is 39.2 cm³/mol. The van der Waals surface area contributed by atoms with Crippen molar-refractivity contribution in [3.63, 3.8) is 0 Å². The summed E-state index contributed by atoms with van der Waals surface area (Å²) in [5.74, 6) is 0. The minimum absolute atomic E-state index is 0.0451. The van der Waals surface area contributed by atoms with Crippen molar-refractivity contribution >= 4 is 29.9 Å². The highest BCUT2D eigenvalue weighted by atomic mass is 28.3. The molecule has 0 fully saturated rings. The van der Waals surface area contributed by atoms with Crippen molar-refractivity contribution in [2.75, 3.05) is 0 Å². The van der Waals surface area contributed by atoms with E-state index in [4.69, 9.17) is 0 Å². The molecule has 0 amide bonds. The van der Waals surface area contributed by atoms with Crippen molar-refractivity contribution in [3.8, 4) is 0 Å². The summed E-state index contributed by atoms with van der Waals surface area (Å²) in [5.41, 5.74) is 0. The molecule has 38 valence electrons. The van der Waals surface area contributed by atoms with E-state index >= 15 is 0 Å². The van der Waals surface area contributed by atoms with Gasteiger partial charge in [0.25, 0.3) is 0 Å². The summed E-state index contributed by atoms with van der Waals surface area (Å²) in [7, 11) is 1.39. The summed E-state index contributed by atoms with van der Waals surface area (Å²) in [5, 5.41) is 0. The van der Waals surface area contributed by atoms with Gasteiger partial charge < -0.3 is 9.30 Å². The van der Waals surface area contributed by atoms with Crippen molar-refractivity contribution in [2.24, 2.45) is 0 Å². The van der Waals surface area contributed by atoms with E-state index in [9.17, 15) is 0 Å². The fourth-order valence-corrected chi connectivity index (χ4v) is 4.50. The van der Waals surface area contributed by atoms with Crippen molar-refractivity contribution in [1.29, 1.82) is 0 Å². The third kappa shape index (κ3) is 4.57. The van der Waals surface area contributed by atoms with Crippen molar-refractivity contribution in [2.45, 2.75) is 6.55 Å². The van der Waals surface area contributed by atoms with Crippen LogP contribution in [0.15, 0.2) is 0 Å². The van der Waals surface area contributed by atoms with E-state index in [0.29, 0.717) is 0 Å². The Morgan fingerprint density at radius 1 is 1.67 bits per heavy atom. The van der Waals surface area contributed by atoms with Gasteiger partial charge in [-0.2, -0.15) is 0 Å². The standard InChI is InChI=1S/CH12N2Si3/c1-5-3-6-2-4/h2-3H,5-6H2,1,4H3. The lowest BCUT2D eigenvalue weighted by atomic mass is 11.9. The first-order chi connectivity index (χ1) is 2.91. The van der Waals surface area contributed by atoms with Crippen LogP contribution in [0, 0.1) is 0 Å². The fraction of sp³-hybridized carbons (Fsp3) is 1.00. The van der Waals surface area contributed by atoms with Crippen LogP contribution in [0.2, 0.25) is 6.55 Å². The van der Waals surface area contributed by atoms with Crippen LogP contribution in [0.25, 0.3) is 0 Å². The molecule has 0 aliphatic rings. The van der Waals surface area contributed by atoms with E-state index in [1.54, 1.807) is 0 Å². The molecule has 0 saturated heterocycles. The van der Waals surface area contributed by atoms with Crippen LogP contribution in [0.4, 0.5) is 0 Å². The largest absolute Gasteiger partial charge is 0.360 e. The third-order valence-corrected chi connectivity index (χ3v) is 4.97. The molecular weight excluding hydrogens is 124 g/mol. The maximum absolute atomic E-state index is 3.40. The topological polar surface area (TPSA) is 24.1 Å². The molecule has 0 saturated carbocycles. The SMILES string of the molecule is C[SiH2]N[SiH2]N[SiH3]. The average Bonchev–Trinajstić information content (AvgIpc) is 1.61. The Balaban J connectivity index is 2.34.